The number of aromatic nitrogens is 1. The van der Waals surface area contributed by atoms with Crippen molar-refractivity contribution in [3.63, 3.8) is 0 Å². The van der Waals surface area contributed by atoms with Crippen LogP contribution in [-0.4, -0.2) is 28.5 Å². The van der Waals surface area contributed by atoms with Gasteiger partial charge in [0.05, 0.1) is 6.54 Å². The molecule has 1 saturated heterocycles. The first kappa shape index (κ1) is 19.2. The Morgan fingerprint density at radius 3 is 2.32 bits per heavy atom. The number of rotatable bonds is 6. The molecule has 6 heteroatoms. The van der Waals surface area contributed by atoms with Gasteiger partial charge in [0.2, 0.25) is 11.2 Å². The van der Waals surface area contributed by atoms with Crippen molar-refractivity contribution < 1.29 is 13.9 Å². The van der Waals surface area contributed by atoms with Crippen LogP contribution in [0.3, 0.4) is 0 Å². The first-order valence-corrected chi connectivity index (χ1v) is 10.3. The monoisotopic (exact) mass is 414 g/mol. The highest BCUT2D eigenvalue weighted by Crippen LogP contribution is 2.17. The lowest BCUT2D eigenvalue weighted by atomic mass is 10.1. The molecular formula is C25H22N2O4. The zero-order chi connectivity index (χ0) is 21.2. The maximum Gasteiger partial charge on any atom is 0.253 e. The van der Waals surface area contributed by atoms with Gasteiger partial charge < -0.3 is 18.6 Å². The highest BCUT2D eigenvalue weighted by molar-refractivity contribution is 5.94. The lowest BCUT2D eigenvalue weighted by molar-refractivity contribution is 0.0652. The first-order valence-electron chi connectivity index (χ1n) is 10.3. The van der Waals surface area contributed by atoms with E-state index >= 15 is 0 Å². The number of carbonyl (C=O) groups excluding carboxylic acids is 1. The highest BCUT2D eigenvalue weighted by Gasteiger charge is 2.21. The molecule has 0 unspecified atom stereocenters. The molecule has 0 saturated carbocycles. The fourth-order valence-electron chi connectivity index (χ4n) is 3.65. The average Bonchev–Trinajstić information content (AvgIpc) is 3.14. The number of fused-ring (bicyclic) bond motifs is 1. The van der Waals surface area contributed by atoms with Crippen LogP contribution in [0.2, 0.25) is 0 Å². The van der Waals surface area contributed by atoms with Crippen LogP contribution in [0.4, 0.5) is 0 Å². The molecule has 0 N–H and O–H groups in total. The van der Waals surface area contributed by atoms with E-state index in [-0.39, 0.29) is 23.7 Å². The number of benzene rings is 2. The van der Waals surface area contributed by atoms with Gasteiger partial charge in [-0.05, 0) is 34.9 Å². The second-order valence-corrected chi connectivity index (χ2v) is 7.77. The van der Waals surface area contributed by atoms with Gasteiger partial charge in [-0.1, -0.05) is 36.4 Å². The molecule has 2 aromatic carbocycles. The van der Waals surface area contributed by atoms with Gasteiger partial charge >= 0.3 is 0 Å². The Morgan fingerprint density at radius 2 is 1.71 bits per heavy atom. The molecule has 1 fully saturated rings. The molecule has 1 aliphatic heterocycles. The third-order valence-electron chi connectivity index (χ3n) is 5.54. The minimum absolute atomic E-state index is 0.0607. The zero-order valence-corrected chi connectivity index (χ0v) is 17.0. The molecule has 5 rings (SSSR count). The van der Waals surface area contributed by atoms with Crippen LogP contribution >= 0.6 is 0 Å². The maximum absolute atomic E-state index is 12.4. The van der Waals surface area contributed by atoms with E-state index in [0.717, 1.165) is 35.8 Å². The number of hydrogen-bond donors (Lipinski definition) is 0. The molecule has 31 heavy (non-hydrogen) atoms. The topological polar surface area (TPSA) is 64.7 Å². The molecule has 156 valence electrons. The Hall–Kier alpha value is -3.80. The molecule has 3 heterocycles. The summed E-state index contributed by atoms with van der Waals surface area (Å²) in [6.45, 7) is 2.36. The number of ether oxygens (including phenoxy) is 1. The fourth-order valence-corrected chi connectivity index (χ4v) is 3.65. The number of hydrogen-bond acceptors (Lipinski definition) is 4. The molecule has 4 aromatic rings. The lowest BCUT2D eigenvalue weighted by Crippen LogP contribution is -2.41. The van der Waals surface area contributed by atoms with Crippen molar-refractivity contribution in [2.75, 3.05) is 13.1 Å². The summed E-state index contributed by atoms with van der Waals surface area (Å²) in [5.74, 6) is 0.791. The quantitative estimate of drug-likeness (QED) is 0.477. The van der Waals surface area contributed by atoms with Gasteiger partial charge in [0, 0.05) is 37.1 Å². The van der Waals surface area contributed by atoms with Crippen molar-refractivity contribution in [3.05, 3.63) is 100 Å². The number of likely N-dealkylation sites (tertiary alicyclic amines) is 1. The second-order valence-electron chi connectivity index (χ2n) is 7.77. The molecule has 0 aliphatic carbocycles. The van der Waals surface area contributed by atoms with E-state index in [4.69, 9.17) is 9.15 Å². The molecule has 0 bridgehead atoms. The Bertz CT molecular complexity index is 1250. The van der Waals surface area contributed by atoms with E-state index in [0.29, 0.717) is 17.9 Å². The van der Waals surface area contributed by atoms with Crippen LogP contribution in [0.1, 0.15) is 28.1 Å². The third-order valence-corrected chi connectivity index (χ3v) is 5.54. The van der Waals surface area contributed by atoms with E-state index in [1.807, 2.05) is 58.3 Å². The number of carbonyl (C=O) groups is 1. The Morgan fingerprint density at radius 1 is 1.00 bits per heavy atom. The minimum Gasteiger partial charge on any atom is -0.482 e. The van der Waals surface area contributed by atoms with Gasteiger partial charge in [0.15, 0.2) is 0 Å². The fraction of sp³-hybridized carbons (Fsp3) is 0.200. The van der Waals surface area contributed by atoms with Crippen LogP contribution in [0.5, 0.6) is 5.75 Å². The summed E-state index contributed by atoms with van der Waals surface area (Å²) in [6.07, 6.45) is 6.48. The van der Waals surface area contributed by atoms with Crippen LogP contribution in [0, 0.1) is 0 Å². The van der Waals surface area contributed by atoms with Crippen molar-refractivity contribution in [2.45, 2.75) is 19.6 Å². The van der Waals surface area contributed by atoms with Crippen molar-refractivity contribution in [3.8, 4) is 5.75 Å². The molecule has 1 aliphatic rings. The van der Waals surface area contributed by atoms with Gasteiger partial charge in [-0.25, -0.2) is 0 Å². The van der Waals surface area contributed by atoms with Crippen LogP contribution in [0.15, 0.2) is 82.5 Å². The summed E-state index contributed by atoms with van der Waals surface area (Å²) in [6, 6.07) is 16.8. The van der Waals surface area contributed by atoms with E-state index in [9.17, 15) is 9.59 Å². The highest BCUT2D eigenvalue weighted by atomic mass is 16.5. The van der Waals surface area contributed by atoms with Gasteiger partial charge in [-0.2, -0.15) is 0 Å². The number of nitrogens with zero attached hydrogens (tertiary/aromatic N) is 2. The summed E-state index contributed by atoms with van der Waals surface area (Å²) in [7, 11) is 0. The predicted octanol–water partition coefficient (Wildman–Crippen LogP) is 4.07. The van der Waals surface area contributed by atoms with Gasteiger partial charge in [-0.15, -0.1) is 0 Å². The minimum atomic E-state index is -0.220. The van der Waals surface area contributed by atoms with E-state index in [1.54, 1.807) is 12.1 Å². The van der Waals surface area contributed by atoms with Crippen molar-refractivity contribution >= 4 is 16.7 Å². The summed E-state index contributed by atoms with van der Waals surface area (Å²) < 4.78 is 13.3. The summed E-state index contributed by atoms with van der Waals surface area (Å²) in [5, 5.41) is 2.28. The van der Waals surface area contributed by atoms with E-state index in [2.05, 4.69) is 0 Å². The van der Waals surface area contributed by atoms with Crippen molar-refractivity contribution in [1.82, 2.24) is 9.47 Å². The SMILES string of the molecule is O=C(c1ccc(COc2coc(Cn3cc4ccccc4c3)cc2=O)cc1)N1CCC1. The average molecular weight is 414 g/mol. The first-order chi connectivity index (χ1) is 15.2. The van der Waals surface area contributed by atoms with E-state index < -0.39 is 0 Å². The standard InChI is InChI=1S/C25H22N2O4/c28-23-12-22(15-26-13-20-4-1-2-5-21(20)14-26)30-17-24(23)31-16-18-6-8-19(9-7-18)25(29)27-10-3-11-27/h1-2,4-9,12-14,17H,3,10-11,15-16H2. The second kappa shape index (κ2) is 8.14. The zero-order valence-electron chi connectivity index (χ0n) is 17.0. The molecule has 0 spiro atoms. The molecule has 1 amide bonds. The van der Waals surface area contributed by atoms with Gasteiger partial charge in [0.1, 0.15) is 18.6 Å². The molecule has 6 nitrogen and oxygen atoms in total. The summed E-state index contributed by atoms with van der Waals surface area (Å²) >= 11 is 0. The van der Waals surface area contributed by atoms with Crippen molar-refractivity contribution in [1.29, 1.82) is 0 Å². The third kappa shape index (κ3) is 4.10. The molecular weight excluding hydrogens is 392 g/mol. The molecule has 0 radical (unpaired) electrons. The molecule has 0 atom stereocenters. The predicted molar refractivity (Wildman–Crippen MR) is 117 cm³/mol. The Balaban J connectivity index is 1.22. The largest absolute Gasteiger partial charge is 0.482 e. The van der Waals surface area contributed by atoms with Crippen molar-refractivity contribution in [2.24, 2.45) is 0 Å². The Kier molecular flexibility index (Phi) is 5.04. The number of amides is 1. The Labute approximate surface area is 179 Å². The van der Waals surface area contributed by atoms with Crippen LogP contribution in [-0.2, 0) is 13.2 Å². The van der Waals surface area contributed by atoms with Gasteiger partial charge in [0.25, 0.3) is 5.91 Å². The van der Waals surface area contributed by atoms with Gasteiger partial charge in [-0.3, -0.25) is 9.59 Å². The maximum atomic E-state index is 12.4. The van der Waals surface area contributed by atoms with E-state index in [1.165, 1.54) is 12.3 Å². The molecule has 2 aromatic heterocycles. The smallest absolute Gasteiger partial charge is 0.253 e. The van der Waals surface area contributed by atoms with Crippen LogP contribution in [0.25, 0.3) is 10.8 Å². The van der Waals surface area contributed by atoms with Crippen LogP contribution < -0.4 is 10.2 Å². The lowest BCUT2D eigenvalue weighted by Gasteiger charge is -2.30. The summed E-state index contributed by atoms with van der Waals surface area (Å²) in [4.78, 5) is 26.5. The normalized spacial score (nSPS) is 13.2. The summed E-state index contributed by atoms with van der Waals surface area (Å²) in [5.41, 5.74) is 1.33.